The lowest BCUT2D eigenvalue weighted by atomic mass is 10.4. The summed E-state index contributed by atoms with van der Waals surface area (Å²) in [6, 6.07) is 4.50. The summed E-state index contributed by atoms with van der Waals surface area (Å²) in [4.78, 5) is 4.27. The van der Waals surface area contributed by atoms with Gasteiger partial charge in [-0.05, 0) is 25.0 Å². The van der Waals surface area contributed by atoms with Gasteiger partial charge in [0.2, 0.25) is 0 Å². The topological polar surface area (TPSA) is 53.6 Å². The van der Waals surface area contributed by atoms with Crippen molar-refractivity contribution in [1.82, 2.24) is 15.2 Å². The standard InChI is InChI=1S/C9H10N4/c1-2-7-8(10-5-1)9(13-12-7)11-6-3-4-6/h1-2,5-6H,3-4H2,(H2,11,12,13). The zero-order valence-electron chi connectivity index (χ0n) is 7.12. The quantitative estimate of drug-likeness (QED) is 0.726. The van der Waals surface area contributed by atoms with Gasteiger partial charge in [0.05, 0.1) is 5.52 Å². The Morgan fingerprint density at radius 2 is 2.38 bits per heavy atom. The van der Waals surface area contributed by atoms with Crippen LogP contribution < -0.4 is 5.32 Å². The van der Waals surface area contributed by atoms with Crippen LogP contribution in [0.2, 0.25) is 0 Å². The molecule has 0 saturated heterocycles. The first-order valence-electron chi connectivity index (χ1n) is 4.49. The summed E-state index contributed by atoms with van der Waals surface area (Å²) in [5, 5.41) is 10.5. The summed E-state index contributed by atoms with van der Waals surface area (Å²) in [6.45, 7) is 0. The molecule has 1 fully saturated rings. The van der Waals surface area contributed by atoms with Crippen LogP contribution in [-0.4, -0.2) is 21.2 Å². The largest absolute Gasteiger partial charge is 0.364 e. The van der Waals surface area contributed by atoms with Crippen molar-refractivity contribution in [2.24, 2.45) is 0 Å². The molecule has 0 amide bonds. The van der Waals surface area contributed by atoms with Crippen LogP contribution in [0.1, 0.15) is 12.8 Å². The first kappa shape index (κ1) is 6.88. The van der Waals surface area contributed by atoms with E-state index in [1.807, 2.05) is 12.1 Å². The molecule has 1 aliphatic carbocycles. The zero-order chi connectivity index (χ0) is 8.67. The summed E-state index contributed by atoms with van der Waals surface area (Å²) >= 11 is 0. The van der Waals surface area contributed by atoms with E-state index in [-0.39, 0.29) is 0 Å². The highest BCUT2D eigenvalue weighted by molar-refractivity contribution is 5.85. The van der Waals surface area contributed by atoms with Gasteiger partial charge in [0.25, 0.3) is 0 Å². The Bertz CT molecular complexity index is 430. The lowest BCUT2D eigenvalue weighted by molar-refractivity contribution is 1.06. The summed E-state index contributed by atoms with van der Waals surface area (Å²) in [5.41, 5.74) is 1.93. The minimum absolute atomic E-state index is 0.619. The van der Waals surface area contributed by atoms with E-state index in [4.69, 9.17) is 0 Å². The monoisotopic (exact) mass is 174 g/mol. The average Bonchev–Trinajstić information content (AvgIpc) is 2.88. The van der Waals surface area contributed by atoms with Crippen molar-refractivity contribution in [3.8, 4) is 0 Å². The molecule has 13 heavy (non-hydrogen) atoms. The number of fused-ring (bicyclic) bond motifs is 1. The van der Waals surface area contributed by atoms with Gasteiger partial charge < -0.3 is 5.32 Å². The minimum atomic E-state index is 0.619. The number of aromatic amines is 1. The molecule has 0 radical (unpaired) electrons. The maximum Gasteiger partial charge on any atom is 0.174 e. The lowest BCUT2D eigenvalue weighted by Crippen LogP contribution is -2.01. The fourth-order valence-corrected chi connectivity index (χ4v) is 1.37. The predicted molar refractivity (Wildman–Crippen MR) is 50.5 cm³/mol. The Balaban J connectivity index is 2.06. The molecule has 66 valence electrons. The van der Waals surface area contributed by atoms with Crippen molar-refractivity contribution < 1.29 is 0 Å². The number of rotatable bonds is 2. The van der Waals surface area contributed by atoms with E-state index in [1.165, 1.54) is 12.8 Å². The molecular weight excluding hydrogens is 164 g/mol. The number of aromatic nitrogens is 3. The molecule has 2 aromatic rings. The maximum absolute atomic E-state index is 4.27. The van der Waals surface area contributed by atoms with Crippen LogP contribution in [0.5, 0.6) is 0 Å². The van der Waals surface area contributed by atoms with Crippen molar-refractivity contribution in [2.75, 3.05) is 5.32 Å². The average molecular weight is 174 g/mol. The molecule has 4 heteroatoms. The van der Waals surface area contributed by atoms with Crippen LogP contribution >= 0.6 is 0 Å². The van der Waals surface area contributed by atoms with Gasteiger partial charge in [-0.3, -0.25) is 10.1 Å². The number of H-pyrrole nitrogens is 1. The van der Waals surface area contributed by atoms with Crippen molar-refractivity contribution in [3.05, 3.63) is 18.3 Å². The molecule has 1 saturated carbocycles. The van der Waals surface area contributed by atoms with E-state index in [0.29, 0.717) is 6.04 Å². The highest BCUT2D eigenvalue weighted by Crippen LogP contribution is 2.26. The van der Waals surface area contributed by atoms with Gasteiger partial charge in [-0.2, -0.15) is 5.10 Å². The molecular formula is C9H10N4. The SMILES string of the molecule is c1cnc2c(NC3CC3)n[nH]c2c1. The maximum atomic E-state index is 4.27. The van der Waals surface area contributed by atoms with E-state index in [9.17, 15) is 0 Å². The number of anilines is 1. The van der Waals surface area contributed by atoms with Gasteiger partial charge in [0, 0.05) is 12.2 Å². The van der Waals surface area contributed by atoms with E-state index in [1.54, 1.807) is 6.20 Å². The summed E-state index contributed by atoms with van der Waals surface area (Å²) in [6.07, 6.45) is 4.29. The van der Waals surface area contributed by atoms with Gasteiger partial charge in [-0.15, -0.1) is 0 Å². The Kier molecular flexibility index (Phi) is 1.30. The van der Waals surface area contributed by atoms with Crippen LogP contribution in [0, 0.1) is 0 Å². The molecule has 0 unspecified atom stereocenters. The van der Waals surface area contributed by atoms with Gasteiger partial charge in [0.1, 0.15) is 5.52 Å². The molecule has 1 aliphatic rings. The molecule has 0 aromatic carbocycles. The Morgan fingerprint density at radius 3 is 3.23 bits per heavy atom. The van der Waals surface area contributed by atoms with Gasteiger partial charge >= 0.3 is 0 Å². The minimum Gasteiger partial charge on any atom is -0.364 e. The lowest BCUT2D eigenvalue weighted by Gasteiger charge is -1.97. The van der Waals surface area contributed by atoms with Crippen molar-refractivity contribution in [1.29, 1.82) is 0 Å². The second kappa shape index (κ2) is 2.45. The molecule has 2 aromatic heterocycles. The first-order valence-corrected chi connectivity index (χ1v) is 4.49. The molecule has 2 heterocycles. The van der Waals surface area contributed by atoms with E-state index < -0.39 is 0 Å². The van der Waals surface area contributed by atoms with E-state index in [2.05, 4.69) is 20.5 Å². The normalized spacial score (nSPS) is 16.3. The number of hydrogen-bond acceptors (Lipinski definition) is 3. The molecule has 4 nitrogen and oxygen atoms in total. The van der Waals surface area contributed by atoms with Crippen LogP contribution in [0.3, 0.4) is 0 Å². The van der Waals surface area contributed by atoms with Crippen molar-refractivity contribution in [3.63, 3.8) is 0 Å². The zero-order valence-corrected chi connectivity index (χ0v) is 7.12. The van der Waals surface area contributed by atoms with Crippen LogP contribution in [0.4, 0.5) is 5.82 Å². The third-order valence-electron chi connectivity index (χ3n) is 2.24. The van der Waals surface area contributed by atoms with Crippen LogP contribution in [-0.2, 0) is 0 Å². The number of nitrogens with one attached hydrogen (secondary N) is 2. The number of pyridine rings is 1. The van der Waals surface area contributed by atoms with Crippen molar-refractivity contribution >= 4 is 16.9 Å². The highest BCUT2D eigenvalue weighted by Gasteiger charge is 2.22. The molecule has 0 aliphatic heterocycles. The predicted octanol–water partition coefficient (Wildman–Crippen LogP) is 1.53. The smallest absolute Gasteiger partial charge is 0.174 e. The van der Waals surface area contributed by atoms with Crippen molar-refractivity contribution in [2.45, 2.75) is 18.9 Å². The first-order chi connectivity index (χ1) is 6.43. The van der Waals surface area contributed by atoms with E-state index in [0.717, 1.165) is 16.9 Å². The highest BCUT2D eigenvalue weighted by atomic mass is 15.2. The summed E-state index contributed by atoms with van der Waals surface area (Å²) in [7, 11) is 0. The fraction of sp³-hybridized carbons (Fsp3) is 0.333. The van der Waals surface area contributed by atoms with Crippen LogP contribution in [0.15, 0.2) is 18.3 Å². The number of hydrogen-bond donors (Lipinski definition) is 2. The fourth-order valence-electron chi connectivity index (χ4n) is 1.37. The Hall–Kier alpha value is -1.58. The van der Waals surface area contributed by atoms with Gasteiger partial charge in [-0.1, -0.05) is 0 Å². The third kappa shape index (κ3) is 1.14. The van der Waals surface area contributed by atoms with Crippen LogP contribution in [0.25, 0.3) is 11.0 Å². The Labute approximate surface area is 75.4 Å². The van der Waals surface area contributed by atoms with Gasteiger partial charge in [0.15, 0.2) is 5.82 Å². The van der Waals surface area contributed by atoms with E-state index >= 15 is 0 Å². The second-order valence-electron chi connectivity index (χ2n) is 3.39. The van der Waals surface area contributed by atoms with Gasteiger partial charge in [-0.25, -0.2) is 0 Å². The molecule has 3 rings (SSSR count). The molecule has 0 spiro atoms. The molecule has 2 N–H and O–H groups in total. The molecule has 0 bridgehead atoms. The summed E-state index contributed by atoms with van der Waals surface area (Å²) < 4.78 is 0. The molecule has 0 atom stereocenters. The summed E-state index contributed by atoms with van der Waals surface area (Å²) in [5.74, 6) is 0.887. The second-order valence-corrected chi connectivity index (χ2v) is 3.39. The third-order valence-corrected chi connectivity index (χ3v) is 2.24. The number of nitrogens with zero attached hydrogens (tertiary/aromatic N) is 2. The Morgan fingerprint density at radius 1 is 1.46 bits per heavy atom.